The molecule has 4 rings (SSSR count). The van der Waals surface area contributed by atoms with Crippen molar-refractivity contribution in [3.05, 3.63) is 64.8 Å². The van der Waals surface area contributed by atoms with Gasteiger partial charge in [-0.3, -0.25) is 0 Å². The first-order valence-corrected chi connectivity index (χ1v) is 9.82. The Morgan fingerprint density at radius 2 is 2.03 bits per heavy atom. The molecule has 3 aromatic rings. The van der Waals surface area contributed by atoms with Crippen molar-refractivity contribution >= 4 is 23.3 Å². The van der Waals surface area contributed by atoms with Crippen LogP contribution in [0.15, 0.2) is 47.0 Å². The largest absolute Gasteiger partial charge is 0.337 e. The summed E-state index contributed by atoms with van der Waals surface area (Å²) >= 11 is 6.16. The van der Waals surface area contributed by atoms with Gasteiger partial charge in [-0.05, 0) is 68.1 Å². The topological polar surface area (TPSA) is 71.3 Å². The van der Waals surface area contributed by atoms with E-state index in [2.05, 4.69) is 15.5 Å². The third-order valence-corrected chi connectivity index (χ3v) is 5.42. The molecule has 1 saturated heterocycles. The van der Waals surface area contributed by atoms with Gasteiger partial charge >= 0.3 is 6.03 Å². The van der Waals surface area contributed by atoms with Crippen molar-refractivity contribution in [2.24, 2.45) is 0 Å². The van der Waals surface area contributed by atoms with Crippen molar-refractivity contribution in [1.82, 2.24) is 15.0 Å². The van der Waals surface area contributed by atoms with Crippen molar-refractivity contribution in [3.8, 4) is 11.4 Å². The molecule has 1 aromatic heterocycles. The smallest absolute Gasteiger partial charge is 0.322 e. The second kappa shape index (κ2) is 8.21. The summed E-state index contributed by atoms with van der Waals surface area (Å²) in [6.07, 6.45) is 2.59. The fourth-order valence-corrected chi connectivity index (χ4v) is 3.56. The minimum atomic E-state index is -0.330. The van der Waals surface area contributed by atoms with Crippen LogP contribution in [0.2, 0.25) is 5.02 Å². The maximum atomic E-state index is 13.1. The molecular weight excluding hydrogens is 395 g/mol. The first-order chi connectivity index (χ1) is 14.0. The molecular formula is C21H20ClFN4O2. The van der Waals surface area contributed by atoms with E-state index in [0.717, 1.165) is 24.8 Å². The zero-order chi connectivity index (χ0) is 20.4. The lowest BCUT2D eigenvalue weighted by Gasteiger charge is -2.33. The van der Waals surface area contributed by atoms with Crippen LogP contribution in [0, 0.1) is 12.7 Å². The highest BCUT2D eigenvalue weighted by atomic mass is 35.5. The number of rotatable bonds is 3. The average molecular weight is 415 g/mol. The van der Waals surface area contributed by atoms with Crippen LogP contribution in [0.4, 0.5) is 14.9 Å². The Morgan fingerprint density at radius 1 is 1.24 bits per heavy atom. The van der Waals surface area contributed by atoms with Crippen LogP contribution >= 0.6 is 11.6 Å². The molecule has 1 fully saturated rings. The van der Waals surface area contributed by atoms with Gasteiger partial charge in [0.15, 0.2) is 0 Å². The summed E-state index contributed by atoms with van der Waals surface area (Å²) in [5, 5.41) is 7.50. The van der Waals surface area contributed by atoms with Crippen molar-refractivity contribution < 1.29 is 13.7 Å². The van der Waals surface area contributed by atoms with E-state index in [1.54, 1.807) is 23.1 Å². The van der Waals surface area contributed by atoms with Crippen molar-refractivity contribution in [2.75, 3.05) is 11.9 Å². The number of hydrogen-bond donors (Lipinski definition) is 1. The minimum absolute atomic E-state index is 0.240. The van der Waals surface area contributed by atoms with Gasteiger partial charge in [-0.1, -0.05) is 22.8 Å². The monoisotopic (exact) mass is 414 g/mol. The number of nitrogens with zero attached hydrogens (tertiary/aromatic N) is 3. The lowest BCUT2D eigenvalue weighted by molar-refractivity contribution is 0.142. The number of halogens is 2. The van der Waals surface area contributed by atoms with Gasteiger partial charge in [0.25, 0.3) is 0 Å². The van der Waals surface area contributed by atoms with Gasteiger partial charge in [0.2, 0.25) is 11.7 Å². The first kappa shape index (κ1) is 19.4. The molecule has 1 unspecified atom stereocenters. The second-order valence-electron chi connectivity index (χ2n) is 7.06. The van der Waals surface area contributed by atoms with E-state index in [1.807, 2.05) is 19.1 Å². The van der Waals surface area contributed by atoms with Crippen LogP contribution in [0.5, 0.6) is 0 Å². The van der Waals surface area contributed by atoms with Gasteiger partial charge in [0.05, 0.1) is 0 Å². The van der Waals surface area contributed by atoms with Gasteiger partial charge < -0.3 is 14.7 Å². The Balaban J connectivity index is 1.53. The normalized spacial score (nSPS) is 16.7. The van der Waals surface area contributed by atoms with Crippen LogP contribution in [-0.2, 0) is 0 Å². The van der Waals surface area contributed by atoms with Crippen molar-refractivity contribution in [1.29, 1.82) is 0 Å². The van der Waals surface area contributed by atoms with E-state index in [9.17, 15) is 9.18 Å². The highest BCUT2D eigenvalue weighted by Crippen LogP contribution is 2.32. The lowest BCUT2D eigenvalue weighted by Crippen LogP contribution is -2.41. The number of carbonyl (C=O) groups is 1. The molecule has 1 aliphatic heterocycles. The van der Waals surface area contributed by atoms with Gasteiger partial charge in [-0.2, -0.15) is 4.98 Å². The molecule has 1 aliphatic rings. The quantitative estimate of drug-likeness (QED) is 0.605. The summed E-state index contributed by atoms with van der Waals surface area (Å²) in [6.45, 7) is 2.49. The summed E-state index contributed by atoms with van der Waals surface area (Å²) in [7, 11) is 0. The van der Waals surface area contributed by atoms with Crippen LogP contribution < -0.4 is 5.32 Å². The number of hydrogen-bond acceptors (Lipinski definition) is 4. The number of piperidine rings is 1. The molecule has 0 aliphatic carbocycles. The number of amides is 2. The Labute approximate surface area is 172 Å². The number of urea groups is 1. The molecule has 0 bridgehead atoms. The van der Waals surface area contributed by atoms with Crippen LogP contribution in [0.1, 0.15) is 36.8 Å². The van der Waals surface area contributed by atoms with Gasteiger partial charge in [-0.25, -0.2) is 9.18 Å². The standard InChI is InChI=1S/C21H20ClFN4O2/c1-13-5-10-16(12-17(13)22)24-21(28)27-11-3-2-4-18(27)20-25-19(26-29-20)14-6-8-15(23)9-7-14/h5-10,12,18H,2-4,11H2,1H3,(H,24,28). The summed E-state index contributed by atoms with van der Waals surface area (Å²) in [6, 6.07) is 10.7. The molecule has 0 radical (unpaired) electrons. The highest BCUT2D eigenvalue weighted by molar-refractivity contribution is 6.31. The Hall–Kier alpha value is -2.93. The third kappa shape index (κ3) is 4.24. The fraction of sp³-hybridized carbons (Fsp3) is 0.286. The summed E-state index contributed by atoms with van der Waals surface area (Å²) in [5.74, 6) is 0.418. The SMILES string of the molecule is Cc1ccc(NC(=O)N2CCCCC2c2nc(-c3ccc(F)cc3)no2)cc1Cl. The molecule has 1 N–H and O–H groups in total. The predicted octanol–water partition coefficient (Wildman–Crippen LogP) is 5.60. The van der Waals surface area contributed by atoms with E-state index < -0.39 is 0 Å². The second-order valence-corrected chi connectivity index (χ2v) is 7.47. The first-order valence-electron chi connectivity index (χ1n) is 9.44. The van der Waals surface area contributed by atoms with E-state index in [1.165, 1.54) is 12.1 Å². The number of aromatic nitrogens is 2. The van der Waals surface area contributed by atoms with E-state index in [4.69, 9.17) is 16.1 Å². The van der Waals surface area contributed by atoms with E-state index in [0.29, 0.717) is 34.5 Å². The summed E-state index contributed by atoms with van der Waals surface area (Å²) in [5.41, 5.74) is 2.23. The third-order valence-electron chi connectivity index (χ3n) is 5.02. The van der Waals surface area contributed by atoms with Gasteiger partial charge in [0, 0.05) is 22.8 Å². The van der Waals surface area contributed by atoms with Crippen molar-refractivity contribution in [3.63, 3.8) is 0 Å². The minimum Gasteiger partial charge on any atom is -0.337 e. The average Bonchev–Trinajstić information content (AvgIpc) is 3.21. The molecule has 150 valence electrons. The van der Waals surface area contributed by atoms with E-state index >= 15 is 0 Å². The molecule has 1 atom stereocenters. The molecule has 6 nitrogen and oxygen atoms in total. The lowest BCUT2D eigenvalue weighted by atomic mass is 10.0. The maximum absolute atomic E-state index is 13.1. The zero-order valence-electron chi connectivity index (χ0n) is 15.9. The number of anilines is 1. The van der Waals surface area contributed by atoms with Gasteiger partial charge in [-0.15, -0.1) is 0 Å². The number of nitrogens with one attached hydrogen (secondary N) is 1. The molecule has 2 amide bonds. The fourth-order valence-electron chi connectivity index (χ4n) is 3.38. The maximum Gasteiger partial charge on any atom is 0.322 e. The number of benzene rings is 2. The van der Waals surface area contributed by atoms with Crippen LogP contribution in [0.3, 0.4) is 0 Å². The van der Waals surface area contributed by atoms with E-state index in [-0.39, 0.29) is 17.9 Å². The molecule has 0 saturated carbocycles. The zero-order valence-corrected chi connectivity index (χ0v) is 16.6. The highest BCUT2D eigenvalue weighted by Gasteiger charge is 2.32. The molecule has 8 heteroatoms. The summed E-state index contributed by atoms with van der Waals surface area (Å²) < 4.78 is 18.6. The Morgan fingerprint density at radius 3 is 2.79 bits per heavy atom. The molecule has 2 aromatic carbocycles. The Bertz CT molecular complexity index is 1020. The Kier molecular flexibility index (Phi) is 5.49. The summed E-state index contributed by atoms with van der Waals surface area (Å²) in [4.78, 5) is 19.1. The predicted molar refractivity (Wildman–Crippen MR) is 108 cm³/mol. The number of aryl methyl sites for hydroxylation is 1. The van der Waals surface area contributed by atoms with Crippen LogP contribution in [0.25, 0.3) is 11.4 Å². The van der Waals surface area contributed by atoms with Crippen molar-refractivity contribution in [2.45, 2.75) is 32.2 Å². The number of likely N-dealkylation sites (tertiary alicyclic amines) is 1. The van der Waals surface area contributed by atoms with Gasteiger partial charge in [0.1, 0.15) is 11.9 Å². The number of carbonyl (C=O) groups excluding carboxylic acids is 1. The molecule has 2 heterocycles. The molecule has 0 spiro atoms. The van der Waals surface area contributed by atoms with Crippen LogP contribution in [-0.4, -0.2) is 27.6 Å². The molecule has 29 heavy (non-hydrogen) atoms.